The van der Waals surface area contributed by atoms with E-state index in [1.54, 1.807) is 0 Å². The quantitative estimate of drug-likeness (QED) is 0.317. The molecule has 0 aliphatic rings. The van der Waals surface area contributed by atoms with Crippen molar-refractivity contribution in [1.29, 1.82) is 0 Å². The van der Waals surface area contributed by atoms with E-state index in [0.717, 1.165) is 0 Å². The maximum atomic E-state index is 8.70. The minimum atomic E-state index is -1.50. The smallest absolute Gasteiger partial charge is 0.764 e. The molecule has 0 heterocycles. The van der Waals surface area contributed by atoms with E-state index < -0.39 is 5.30 Å². The average Bonchev–Trinajstić information content (AvgIpc) is 0.811. The third-order valence-electron chi connectivity index (χ3n) is 0. The van der Waals surface area contributed by atoms with Crippen molar-refractivity contribution in [2.24, 2.45) is 0 Å². The summed E-state index contributed by atoms with van der Waals surface area (Å²) in [5, 5.41) is 7.20. The summed E-state index contributed by atoms with van der Waals surface area (Å²) in [7, 11) is 0. The summed E-state index contributed by atoms with van der Waals surface area (Å²) in [4.78, 5) is 8.70. The van der Waals surface area contributed by atoms with Gasteiger partial charge in [-0.1, -0.05) is 5.30 Å². The number of hydrogen-bond acceptors (Lipinski definition) is 3. The molecule has 0 rings (SSSR count). The molecule has 0 aromatic rings. The van der Waals surface area contributed by atoms with Crippen LogP contribution in [0.5, 0.6) is 0 Å². The van der Waals surface area contributed by atoms with Crippen LogP contribution < -0.4 is 5.11 Å². The molecule has 0 saturated heterocycles. The van der Waals surface area contributed by atoms with Crippen LogP contribution >= 0.6 is 0 Å². The molecule has 0 spiro atoms. The largest absolute Gasteiger partial charge is 2.00 e. The molecule has 0 atom stereocenters. The van der Waals surface area contributed by atoms with Gasteiger partial charge in [0.1, 0.15) is 0 Å². The normalized spacial score (nSPS) is 4.80. The number of rotatable bonds is 0. The Labute approximate surface area is 47.7 Å². The van der Waals surface area contributed by atoms with Crippen LogP contribution in [0.15, 0.2) is 0 Å². The Morgan fingerprint density at radius 2 is 1.80 bits per heavy atom. The van der Waals surface area contributed by atoms with Gasteiger partial charge in [0.15, 0.2) is 0 Å². The van der Waals surface area contributed by atoms with E-state index >= 15 is 0 Å². The molecule has 2 nitrogen and oxygen atoms in total. The topological polar surface area (TPSA) is 40.1 Å². The maximum absolute atomic E-state index is 8.70. The van der Waals surface area contributed by atoms with Gasteiger partial charge in [-0.3, -0.25) is 0 Å². The fourth-order valence-electron chi connectivity index (χ4n) is 0. The predicted molar refractivity (Wildman–Crippen MR) is 12.8 cm³/mol. The van der Waals surface area contributed by atoms with Gasteiger partial charge in [-0.15, -0.1) is 0 Å². The molecule has 0 bridgehead atoms. The van der Waals surface area contributed by atoms with Crippen molar-refractivity contribution in [3.05, 3.63) is 0 Å². The van der Waals surface area contributed by atoms with E-state index in [2.05, 4.69) is 12.6 Å². The monoisotopic (exact) mass is 140 g/mol. The Morgan fingerprint density at radius 3 is 1.80 bits per heavy atom. The standard InChI is InChI=1S/CH2O2S.Zn/c2-1(3)4;/h4H,(H,2,3);/q;+2/p-2. The van der Waals surface area contributed by atoms with Gasteiger partial charge in [-0.2, -0.15) is 0 Å². The van der Waals surface area contributed by atoms with Gasteiger partial charge in [-0.25, -0.2) is 0 Å². The molecule has 0 aliphatic heterocycles. The first kappa shape index (κ1) is 9.00. The van der Waals surface area contributed by atoms with Gasteiger partial charge in [0.2, 0.25) is 0 Å². The van der Waals surface area contributed by atoms with Crippen molar-refractivity contribution in [3.63, 3.8) is 0 Å². The summed E-state index contributed by atoms with van der Waals surface area (Å²) in [6.07, 6.45) is 0. The molecule has 0 aromatic heterocycles. The molecule has 0 saturated carbocycles. The molecule has 0 fully saturated rings. The molecule has 0 aliphatic carbocycles. The number of carbonyl (C=O) groups is 1. The molecule has 0 unspecified atom stereocenters. The zero-order valence-electron chi connectivity index (χ0n) is 2.43. The van der Waals surface area contributed by atoms with Crippen LogP contribution in [-0.4, -0.2) is 5.30 Å². The fourth-order valence-corrected chi connectivity index (χ4v) is 0. The van der Waals surface area contributed by atoms with Crippen molar-refractivity contribution >= 4 is 17.9 Å². The molecule has 5 heavy (non-hydrogen) atoms. The number of hydrogen-bond donors (Lipinski definition) is 0. The Hall–Kier alpha value is 0.313. The summed E-state index contributed by atoms with van der Waals surface area (Å²) in [6.45, 7) is 0. The fraction of sp³-hybridized carbons (Fsp3) is 0. The minimum absolute atomic E-state index is 0. The van der Waals surface area contributed by atoms with Crippen molar-refractivity contribution in [2.45, 2.75) is 0 Å². The first-order valence-electron chi connectivity index (χ1n) is 0.612. The second-order valence-electron chi connectivity index (χ2n) is 0.250. The van der Waals surface area contributed by atoms with Gasteiger partial charge in [0.05, 0.1) is 0 Å². The number of carboxylic acid groups (broad SMARTS) is 1. The summed E-state index contributed by atoms with van der Waals surface area (Å²) in [6, 6.07) is 0. The van der Waals surface area contributed by atoms with Crippen LogP contribution in [0.1, 0.15) is 0 Å². The van der Waals surface area contributed by atoms with Crippen LogP contribution in [0, 0.1) is 0 Å². The van der Waals surface area contributed by atoms with Crippen molar-refractivity contribution in [1.82, 2.24) is 0 Å². The van der Waals surface area contributed by atoms with Gasteiger partial charge < -0.3 is 22.5 Å². The van der Waals surface area contributed by atoms with E-state index in [1.807, 2.05) is 0 Å². The number of carbonyl (C=O) groups excluding carboxylic acids is 1. The van der Waals surface area contributed by atoms with Crippen molar-refractivity contribution in [3.8, 4) is 0 Å². The second kappa shape index (κ2) is 4.31. The zero-order chi connectivity index (χ0) is 3.58. The Bertz CT molecular complexity index is 32.6. The van der Waals surface area contributed by atoms with E-state index in [1.165, 1.54) is 0 Å². The van der Waals surface area contributed by atoms with Crippen LogP contribution in [0.3, 0.4) is 0 Å². The SMILES string of the molecule is O=C([O-])[S-].[Zn+2]. The average molecular weight is 141 g/mol. The predicted octanol–water partition coefficient (Wildman–Crippen LogP) is -1.13. The van der Waals surface area contributed by atoms with E-state index in [4.69, 9.17) is 9.90 Å². The maximum Gasteiger partial charge on any atom is 2.00 e. The summed E-state index contributed by atoms with van der Waals surface area (Å²) in [5.41, 5.74) is 0. The Morgan fingerprint density at radius 1 is 1.80 bits per heavy atom. The zero-order valence-corrected chi connectivity index (χ0v) is 6.22. The molecule has 4 heteroatoms. The van der Waals surface area contributed by atoms with Gasteiger partial charge in [0.25, 0.3) is 0 Å². The van der Waals surface area contributed by atoms with Gasteiger partial charge in [0, 0.05) is 0 Å². The van der Waals surface area contributed by atoms with Crippen LogP contribution in [0.25, 0.3) is 0 Å². The van der Waals surface area contributed by atoms with Crippen LogP contribution in [-0.2, 0) is 32.1 Å². The third kappa shape index (κ3) is 235. The molecular weight excluding hydrogens is 141 g/mol. The molecular formula is CO2SZn. The first-order chi connectivity index (χ1) is 1.73. The third-order valence-corrected chi connectivity index (χ3v) is 0. The van der Waals surface area contributed by atoms with E-state index in [0.29, 0.717) is 0 Å². The summed E-state index contributed by atoms with van der Waals surface area (Å²) in [5.74, 6) is 0. The van der Waals surface area contributed by atoms with E-state index in [9.17, 15) is 0 Å². The molecule has 0 amide bonds. The Kier molecular flexibility index (Phi) is 7.77. The van der Waals surface area contributed by atoms with Gasteiger partial charge >= 0.3 is 19.5 Å². The second-order valence-corrected chi connectivity index (χ2v) is 0.583. The van der Waals surface area contributed by atoms with E-state index in [-0.39, 0.29) is 19.5 Å². The first-order valence-corrected chi connectivity index (χ1v) is 1.02. The van der Waals surface area contributed by atoms with Crippen LogP contribution in [0.2, 0.25) is 0 Å². The Balaban J connectivity index is 0. The van der Waals surface area contributed by atoms with Crippen molar-refractivity contribution in [2.75, 3.05) is 0 Å². The van der Waals surface area contributed by atoms with Crippen LogP contribution in [0.4, 0.5) is 4.79 Å². The molecule has 0 radical (unpaired) electrons. The summed E-state index contributed by atoms with van der Waals surface area (Å²) < 4.78 is 0. The molecule has 24 valence electrons. The van der Waals surface area contributed by atoms with Crippen molar-refractivity contribution < 1.29 is 29.4 Å². The van der Waals surface area contributed by atoms with Gasteiger partial charge in [-0.05, 0) is 0 Å². The molecule has 0 aromatic carbocycles. The summed E-state index contributed by atoms with van der Waals surface area (Å²) >= 11 is 3.43. The molecule has 0 N–H and O–H groups in total. The minimum Gasteiger partial charge on any atom is -0.764 e.